The first-order valence-electron chi connectivity index (χ1n) is 4.45. The molecule has 1 aromatic carbocycles. The highest BCUT2D eigenvalue weighted by Gasteiger charge is 2.11. The van der Waals surface area contributed by atoms with Gasteiger partial charge in [0.05, 0.1) is 10.3 Å². The van der Waals surface area contributed by atoms with E-state index in [0.29, 0.717) is 5.58 Å². The van der Waals surface area contributed by atoms with Crippen molar-refractivity contribution >= 4 is 22.3 Å². The van der Waals surface area contributed by atoms with Gasteiger partial charge in [-0.05, 0) is 23.6 Å². The highest BCUT2D eigenvalue weighted by Crippen LogP contribution is 2.32. The van der Waals surface area contributed by atoms with Crippen molar-refractivity contribution in [1.82, 2.24) is 5.16 Å². The summed E-state index contributed by atoms with van der Waals surface area (Å²) in [5, 5.41) is 17.9. The van der Waals surface area contributed by atoms with Gasteiger partial charge in [0, 0.05) is 6.07 Å². The molecule has 2 heterocycles. The van der Waals surface area contributed by atoms with E-state index in [1.54, 1.807) is 17.4 Å². The minimum Gasteiger partial charge on any atom is -0.355 e. The Morgan fingerprint density at radius 2 is 2.20 bits per heavy atom. The predicted octanol–water partition coefficient (Wildman–Crippen LogP) is 3.70. The Labute approximate surface area is 89.6 Å². The molecule has 73 valence electrons. The van der Waals surface area contributed by atoms with Gasteiger partial charge in [-0.25, -0.2) is 0 Å². The van der Waals surface area contributed by atoms with Crippen molar-refractivity contribution in [3.05, 3.63) is 35.7 Å². The molecule has 0 aliphatic heterocycles. The zero-order chi connectivity index (χ0) is 10.3. The van der Waals surface area contributed by atoms with Gasteiger partial charge in [0.25, 0.3) is 0 Å². The van der Waals surface area contributed by atoms with E-state index in [1.807, 2.05) is 17.5 Å². The van der Waals surface area contributed by atoms with Crippen molar-refractivity contribution < 1.29 is 9.63 Å². The maximum Gasteiger partial charge on any atom is 0.182 e. The molecule has 0 unspecified atom stereocenters. The number of benzene rings is 1. The Morgan fingerprint density at radius 1 is 1.27 bits per heavy atom. The minimum atomic E-state index is -0.0589. The molecule has 3 rings (SSSR count). The van der Waals surface area contributed by atoms with Crippen LogP contribution in [0.3, 0.4) is 0 Å². The standard InChI is InChI=1S/C11H6NO2S/c13-7-3-4-8-9(6-7)14-12-11(8)10-2-1-5-15-10/h1-6H. The van der Waals surface area contributed by atoms with Crippen LogP contribution in [0.2, 0.25) is 0 Å². The van der Waals surface area contributed by atoms with Crippen molar-refractivity contribution in [1.29, 1.82) is 0 Å². The van der Waals surface area contributed by atoms with E-state index in [2.05, 4.69) is 5.16 Å². The third-order valence-corrected chi connectivity index (χ3v) is 3.07. The smallest absolute Gasteiger partial charge is 0.182 e. The van der Waals surface area contributed by atoms with Gasteiger partial charge in [0.2, 0.25) is 0 Å². The highest BCUT2D eigenvalue weighted by atomic mass is 32.1. The molecule has 0 atom stereocenters. The monoisotopic (exact) mass is 216 g/mol. The van der Waals surface area contributed by atoms with Gasteiger partial charge < -0.3 is 4.52 Å². The SMILES string of the molecule is [O]c1ccc2c(-c3cccs3)noc2c1. The lowest BCUT2D eigenvalue weighted by Crippen LogP contribution is -1.71. The highest BCUT2D eigenvalue weighted by molar-refractivity contribution is 7.13. The molecule has 0 spiro atoms. The molecule has 0 N–H and O–H groups in total. The topological polar surface area (TPSA) is 45.9 Å². The maximum absolute atomic E-state index is 11.1. The lowest BCUT2D eigenvalue weighted by molar-refractivity contribution is 0.354. The zero-order valence-electron chi connectivity index (χ0n) is 7.64. The average Bonchev–Trinajstić information content (AvgIpc) is 2.82. The van der Waals surface area contributed by atoms with Gasteiger partial charge in [-0.1, -0.05) is 11.2 Å². The van der Waals surface area contributed by atoms with Crippen molar-refractivity contribution in [2.24, 2.45) is 0 Å². The second-order valence-corrected chi connectivity index (χ2v) is 4.11. The van der Waals surface area contributed by atoms with E-state index in [9.17, 15) is 5.11 Å². The summed E-state index contributed by atoms with van der Waals surface area (Å²) in [6.07, 6.45) is 0. The molecular weight excluding hydrogens is 210 g/mol. The molecule has 3 nitrogen and oxygen atoms in total. The van der Waals surface area contributed by atoms with Crippen molar-refractivity contribution in [2.45, 2.75) is 0 Å². The molecule has 0 fully saturated rings. The molecule has 1 radical (unpaired) electrons. The van der Waals surface area contributed by atoms with Crippen LogP contribution in [0.1, 0.15) is 0 Å². The van der Waals surface area contributed by atoms with Gasteiger partial charge in [0.1, 0.15) is 5.69 Å². The summed E-state index contributed by atoms with van der Waals surface area (Å²) in [5.41, 5.74) is 1.35. The van der Waals surface area contributed by atoms with E-state index < -0.39 is 0 Å². The molecular formula is C11H6NO2S. The third kappa shape index (κ3) is 1.30. The fourth-order valence-electron chi connectivity index (χ4n) is 1.51. The largest absolute Gasteiger partial charge is 0.355 e. The van der Waals surface area contributed by atoms with E-state index in [4.69, 9.17) is 4.52 Å². The molecule has 4 heteroatoms. The molecule has 2 aromatic heterocycles. The van der Waals surface area contributed by atoms with Crippen LogP contribution in [0.15, 0.2) is 40.2 Å². The second kappa shape index (κ2) is 3.10. The first-order chi connectivity index (χ1) is 7.34. The third-order valence-electron chi connectivity index (χ3n) is 2.20. The summed E-state index contributed by atoms with van der Waals surface area (Å²) >= 11 is 1.60. The maximum atomic E-state index is 11.1. The Balaban J connectivity index is 2.29. The first kappa shape index (κ1) is 8.49. The van der Waals surface area contributed by atoms with Crippen LogP contribution in [-0.2, 0) is 5.11 Å². The summed E-state index contributed by atoms with van der Waals surface area (Å²) in [6, 6.07) is 8.68. The second-order valence-electron chi connectivity index (χ2n) is 3.17. The van der Waals surface area contributed by atoms with Crippen LogP contribution >= 0.6 is 11.3 Å². The molecule has 0 saturated heterocycles. The zero-order valence-corrected chi connectivity index (χ0v) is 8.45. The number of thiophene rings is 1. The molecule has 0 amide bonds. The van der Waals surface area contributed by atoms with Gasteiger partial charge in [-0.3, -0.25) is 5.11 Å². The Bertz CT molecular complexity index is 598. The Kier molecular flexibility index (Phi) is 1.76. The summed E-state index contributed by atoms with van der Waals surface area (Å²) in [7, 11) is 0. The lowest BCUT2D eigenvalue weighted by Gasteiger charge is -1.90. The molecule has 15 heavy (non-hydrogen) atoms. The van der Waals surface area contributed by atoms with Crippen molar-refractivity contribution in [2.75, 3.05) is 0 Å². The number of hydrogen-bond donors (Lipinski definition) is 0. The Hall–Kier alpha value is -1.81. The molecule has 0 bridgehead atoms. The van der Waals surface area contributed by atoms with E-state index in [1.165, 1.54) is 12.1 Å². The Morgan fingerprint density at radius 3 is 3.00 bits per heavy atom. The summed E-state index contributed by atoms with van der Waals surface area (Å²) in [6.45, 7) is 0. The first-order valence-corrected chi connectivity index (χ1v) is 5.33. The average molecular weight is 216 g/mol. The van der Waals surface area contributed by atoms with Gasteiger partial charge >= 0.3 is 0 Å². The van der Waals surface area contributed by atoms with Gasteiger partial charge in [0.15, 0.2) is 11.3 Å². The number of nitrogens with zero attached hydrogens (tertiary/aromatic N) is 1. The van der Waals surface area contributed by atoms with Crippen LogP contribution < -0.4 is 0 Å². The lowest BCUT2D eigenvalue weighted by atomic mass is 10.2. The minimum absolute atomic E-state index is 0.0589. The number of hydrogen-bond acceptors (Lipinski definition) is 3. The summed E-state index contributed by atoms with van der Waals surface area (Å²) in [5.74, 6) is -0.0589. The van der Waals surface area contributed by atoms with Gasteiger partial charge in [-0.2, -0.15) is 0 Å². The van der Waals surface area contributed by atoms with Crippen molar-refractivity contribution in [3.63, 3.8) is 0 Å². The normalized spacial score (nSPS) is 10.9. The van der Waals surface area contributed by atoms with Crippen LogP contribution in [0.25, 0.3) is 21.5 Å². The van der Waals surface area contributed by atoms with E-state index in [0.717, 1.165) is 16.0 Å². The van der Waals surface area contributed by atoms with E-state index >= 15 is 0 Å². The van der Waals surface area contributed by atoms with Crippen LogP contribution in [0.4, 0.5) is 0 Å². The molecule has 0 saturated carbocycles. The van der Waals surface area contributed by atoms with Crippen molar-refractivity contribution in [3.8, 4) is 16.3 Å². The van der Waals surface area contributed by atoms with Crippen LogP contribution in [-0.4, -0.2) is 5.16 Å². The van der Waals surface area contributed by atoms with E-state index in [-0.39, 0.29) is 5.75 Å². The number of aromatic nitrogens is 1. The van der Waals surface area contributed by atoms with Crippen LogP contribution in [0, 0.1) is 0 Å². The molecule has 0 aliphatic carbocycles. The quantitative estimate of drug-likeness (QED) is 0.622. The molecule has 3 aromatic rings. The summed E-state index contributed by atoms with van der Waals surface area (Å²) in [4.78, 5) is 1.05. The predicted molar refractivity (Wildman–Crippen MR) is 57.5 cm³/mol. The number of fused-ring (bicyclic) bond motifs is 1. The fraction of sp³-hybridized carbons (Fsp3) is 0. The number of rotatable bonds is 1. The van der Waals surface area contributed by atoms with Gasteiger partial charge in [-0.15, -0.1) is 11.3 Å². The van der Waals surface area contributed by atoms with Crippen LogP contribution in [0.5, 0.6) is 5.75 Å². The summed E-state index contributed by atoms with van der Waals surface area (Å²) < 4.78 is 5.11. The molecule has 0 aliphatic rings. The fourth-order valence-corrected chi connectivity index (χ4v) is 2.23.